The van der Waals surface area contributed by atoms with Crippen LogP contribution in [0, 0.1) is 62.6 Å². The molecule has 4 aliphatic carbocycles. The Kier molecular flexibility index (Phi) is 8.92. The number of carboxylic acid groups (broad SMARTS) is 1. The first-order chi connectivity index (χ1) is 22.8. The number of fused-ring (bicyclic) bond motifs is 3. The van der Waals surface area contributed by atoms with Crippen molar-refractivity contribution in [1.82, 2.24) is 25.1 Å². The summed E-state index contributed by atoms with van der Waals surface area (Å²) in [7, 11) is 4.24. The van der Waals surface area contributed by atoms with Crippen molar-refractivity contribution in [2.24, 2.45) is 62.6 Å². The lowest BCUT2D eigenvalue weighted by molar-refractivity contribution is -0.253. The van der Waals surface area contributed by atoms with Crippen LogP contribution < -0.4 is 0 Å². The van der Waals surface area contributed by atoms with E-state index in [-0.39, 0.29) is 46.6 Å². The molecule has 10 heteroatoms. The third-order valence-electron chi connectivity index (χ3n) is 16.5. The first-order valence-electron chi connectivity index (χ1n) is 18.8. The molecule has 0 spiro atoms. The SMILES string of the molecule is CC(C)[C@@H](C)[C@@]1(C)CC[C@]2(C)[C@H]3CC[C@@H]4[C@@]5(COC[C@]4(C)[C@@H](OCC(C)(C(C)C)N(C)C)[C@H](n4cnnn4)C5)C3=CC(=O)[C@@]2(C)[C@@H]1C(=O)O. The van der Waals surface area contributed by atoms with Gasteiger partial charge in [0.2, 0.25) is 0 Å². The summed E-state index contributed by atoms with van der Waals surface area (Å²) in [4.78, 5) is 30.7. The number of aliphatic carboxylic acids is 1. The number of ether oxygens (including phenoxy) is 2. The van der Waals surface area contributed by atoms with Gasteiger partial charge in [0, 0.05) is 21.8 Å². The van der Waals surface area contributed by atoms with Crippen molar-refractivity contribution in [1.29, 1.82) is 0 Å². The highest BCUT2D eigenvalue weighted by Crippen LogP contribution is 2.74. The average molecular weight is 682 g/mol. The van der Waals surface area contributed by atoms with E-state index in [1.165, 1.54) is 5.57 Å². The van der Waals surface area contributed by atoms with Gasteiger partial charge in [-0.25, -0.2) is 4.68 Å². The van der Waals surface area contributed by atoms with Crippen molar-refractivity contribution in [3.8, 4) is 0 Å². The van der Waals surface area contributed by atoms with Crippen LogP contribution in [0.1, 0.15) is 107 Å². The lowest BCUT2D eigenvalue weighted by Crippen LogP contribution is -2.70. The van der Waals surface area contributed by atoms with Crippen molar-refractivity contribution < 1.29 is 24.2 Å². The predicted octanol–water partition coefficient (Wildman–Crippen LogP) is 6.34. The van der Waals surface area contributed by atoms with E-state index in [1.807, 2.05) is 17.7 Å². The Morgan fingerprint density at radius 3 is 2.39 bits per heavy atom. The molecule has 10 nitrogen and oxygen atoms in total. The lowest BCUT2D eigenvalue weighted by atomic mass is 9.34. The highest BCUT2D eigenvalue weighted by molar-refractivity contribution is 6.00. The van der Waals surface area contributed by atoms with Gasteiger partial charge in [-0.15, -0.1) is 5.10 Å². The highest BCUT2D eigenvalue weighted by atomic mass is 16.5. The Hall–Kier alpha value is -2.17. The van der Waals surface area contributed by atoms with Crippen molar-refractivity contribution in [2.45, 2.75) is 119 Å². The molecule has 274 valence electrons. The Balaban J connectivity index is 1.46. The molecule has 0 amide bonds. The maximum atomic E-state index is 15.0. The summed E-state index contributed by atoms with van der Waals surface area (Å²) in [6.07, 6.45) is 7.67. The number of allylic oxidation sites excluding steroid dienone is 1. The number of tetrazole rings is 1. The highest BCUT2D eigenvalue weighted by Gasteiger charge is 2.74. The summed E-state index contributed by atoms with van der Waals surface area (Å²) >= 11 is 0. The Labute approximate surface area is 294 Å². The minimum absolute atomic E-state index is 0.0196. The standard InChI is InChI=1S/C39H63N5O5/c1-23(2)25(5)34(6)15-16-36(8)26-13-14-29-35(7)19-48-21-39(29,27(26)17-30(45)38(36,10)31(34)33(46)47)18-28(44-22-40-41-42-44)32(35)49-20-37(9,24(3)4)43(11)12/h17,22-26,28-29,31-32H,13-16,18-21H2,1-12H3,(H,46,47)/t25-,26+,28-,29+,31-,32+,34-,35+,36-,37?,38+,39+/m1/s1. The van der Waals surface area contributed by atoms with Gasteiger partial charge < -0.3 is 19.5 Å². The first kappa shape index (κ1) is 36.6. The number of hydrogen-bond acceptors (Lipinski definition) is 8. The summed E-state index contributed by atoms with van der Waals surface area (Å²) in [6, 6.07) is -0.150. The summed E-state index contributed by atoms with van der Waals surface area (Å²) < 4.78 is 15.7. The third-order valence-corrected chi connectivity index (χ3v) is 16.5. The van der Waals surface area contributed by atoms with Gasteiger partial charge in [0.25, 0.3) is 0 Å². The number of hydrogen-bond donors (Lipinski definition) is 1. The molecule has 0 aromatic carbocycles. The van der Waals surface area contributed by atoms with Crippen LogP contribution in [0.3, 0.4) is 0 Å². The van der Waals surface area contributed by atoms with Crippen molar-refractivity contribution in [2.75, 3.05) is 33.9 Å². The summed E-state index contributed by atoms with van der Waals surface area (Å²) in [5.41, 5.74) is -1.76. The lowest BCUT2D eigenvalue weighted by Gasteiger charge is -2.70. The van der Waals surface area contributed by atoms with Crippen LogP contribution in [0.4, 0.5) is 0 Å². The van der Waals surface area contributed by atoms with E-state index in [1.54, 1.807) is 6.33 Å². The molecule has 3 saturated carbocycles. The molecular weight excluding hydrogens is 618 g/mol. The molecule has 1 aromatic rings. The van der Waals surface area contributed by atoms with E-state index in [0.29, 0.717) is 38.1 Å². The van der Waals surface area contributed by atoms with Gasteiger partial charge in [0.1, 0.15) is 6.33 Å². The summed E-state index contributed by atoms with van der Waals surface area (Å²) in [5, 5.41) is 23.6. The minimum Gasteiger partial charge on any atom is -0.481 e. The van der Waals surface area contributed by atoms with Crippen LogP contribution in [0.25, 0.3) is 0 Å². The maximum Gasteiger partial charge on any atom is 0.308 e. The first-order valence-corrected chi connectivity index (χ1v) is 18.8. The zero-order valence-electron chi connectivity index (χ0n) is 32.2. The van der Waals surface area contributed by atoms with Crippen molar-refractivity contribution >= 4 is 11.8 Å². The maximum absolute atomic E-state index is 15.0. The summed E-state index contributed by atoms with van der Waals surface area (Å²) in [6.45, 7) is 23.7. The second-order valence-corrected chi connectivity index (χ2v) is 18.9. The average Bonchev–Trinajstić information content (AvgIpc) is 3.56. The monoisotopic (exact) mass is 681 g/mol. The van der Waals surface area contributed by atoms with Crippen LogP contribution in [0.5, 0.6) is 0 Å². The predicted molar refractivity (Wildman–Crippen MR) is 187 cm³/mol. The van der Waals surface area contributed by atoms with E-state index in [0.717, 1.165) is 25.7 Å². The van der Waals surface area contributed by atoms with E-state index in [4.69, 9.17) is 9.47 Å². The second-order valence-electron chi connectivity index (χ2n) is 18.9. The zero-order valence-corrected chi connectivity index (χ0v) is 32.2. The van der Waals surface area contributed by atoms with Gasteiger partial charge in [-0.2, -0.15) is 0 Å². The quantitative estimate of drug-likeness (QED) is 0.318. The van der Waals surface area contributed by atoms with Crippen molar-refractivity contribution in [3.05, 3.63) is 18.0 Å². The van der Waals surface area contributed by atoms with Crippen LogP contribution >= 0.6 is 0 Å². The molecule has 49 heavy (non-hydrogen) atoms. The van der Waals surface area contributed by atoms with Gasteiger partial charge >= 0.3 is 5.97 Å². The van der Waals surface area contributed by atoms with Crippen LogP contribution in [0.15, 0.2) is 18.0 Å². The van der Waals surface area contributed by atoms with Crippen LogP contribution in [-0.2, 0) is 19.1 Å². The van der Waals surface area contributed by atoms with Gasteiger partial charge in [0.15, 0.2) is 5.78 Å². The fraction of sp³-hybridized carbons (Fsp3) is 0.872. The second kappa shape index (κ2) is 11.9. The Morgan fingerprint density at radius 2 is 1.82 bits per heavy atom. The smallest absolute Gasteiger partial charge is 0.308 e. The van der Waals surface area contributed by atoms with Crippen LogP contribution in [-0.4, -0.2) is 87.5 Å². The van der Waals surface area contributed by atoms with E-state index >= 15 is 0 Å². The zero-order chi connectivity index (χ0) is 36.1. The number of nitrogens with zero attached hydrogens (tertiary/aromatic N) is 5. The fourth-order valence-corrected chi connectivity index (χ4v) is 12.3. The Bertz CT molecular complexity index is 1470. The van der Waals surface area contributed by atoms with E-state index in [9.17, 15) is 14.7 Å². The molecule has 1 saturated heterocycles. The number of carbonyl (C=O) groups excluding carboxylic acids is 1. The number of rotatable bonds is 9. The molecule has 1 unspecified atom stereocenters. The molecule has 6 rings (SSSR count). The number of carboxylic acids is 1. The Morgan fingerprint density at radius 1 is 1.12 bits per heavy atom. The topological polar surface area (TPSA) is 120 Å². The molecule has 2 bridgehead atoms. The molecule has 1 aliphatic heterocycles. The fourth-order valence-electron chi connectivity index (χ4n) is 12.3. The molecule has 2 heterocycles. The molecule has 12 atom stereocenters. The van der Waals surface area contributed by atoms with E-state index in [2.05, 4.69) is 96.8 Å². The largest absolute Gasteiger partial charge is 0.481 e. The van der Waals surface area contributed by atoms with Gasteiger partial charge in [0.05, 0.1) is 37.9 Å². The molecule has 1 aromatic heterocycles. The minimum atomic E-state index is -1.02. The van der Waals surface area contributed by atoms with Crippen molar-refractivity contribution in [3.63, 3.8) is 0 Å². The van der Waals surface area contributed by atoms with Gasteiger partial charge in [-0.3, -0.25) is 9.59 Å². The van der Waals surface area contributed by atoms with Gasteiger partial charge in [-0.05, 0) is 110 Å². The molecule has 0 radical (unpaired) electrons. The molecular formula is C39H63N5O5. The third kappa shape index (κ3) is 4.84. The number of carbonyl (C=O) groups is 2. The van der Waals surface area contributed by atoms with Gasteiger partial charge in [-0.1, -0.05) is 67.9 Å². The summed E-state index contributed by atoms with van der Waals surface area (Å²) in [5.74, 6) is -0.459. The van der Waals surface area contributed by atoms with E-state index < -0.39 is 33.5 Å². The number of aromatic nitrogens is 4. The van der Waals surface area contributed by atoms with Crippen LogP contribution in [0.2, 0.25) is 0 Å². The number of ketones is 1. The molecule has 5 aliphatic rings. The molecule has 4 fully saturated rings. The number of likely N-dealkylation sites (N-methyl/N-ethyl adjacent to an activating group) is 1. The normalized spacial score (nSPS) is 43.8. The molecule has 1 N–H and O–H groups in total.